The van der Waals surface area contributed by atoms with Crippen molar-refractivity contribution in [3.05, 3.63) is 64.7 Å². The molecule has 1 atom stereocenters. The summed E-state index contributed by atoms with van der Waals surface area (Å²) in [6, 6.07) is 13.5. The van der Waals surface area contributed by atoms with E-state index in [4.69, 9.17) is 11.6 Å². The lowest BCUT2D eigenvalue weighted by atomic mass is 10.1. The minimum absolute atomic E-state index is 0.119. The zero-order chi connectivity index (χ0) is 17.0. The highest BCUT2D eigenvalue weighted by atomic mass is 35.5. The molecular weight excluding hydrogens is 334 g/mol. The molecule has 23 heavy (non-hydrogen) atoms. The number of carbonyl (C=O) groups is 1. The van der Waals surface area contributed by atoms with Gasteiger partial charge < -0.3 is 5.32 Å². The monoisotopic (exact) mass is 351 g/mol. The van der Waals surface area contributed by atoms with Crippen LogP contribution in [0.2, 0.25) is 5.02 Å². The second-order valence-corrected chi connectivity index (χ2v) is 7.89. The Morgan fingerprint density at radius 1 is 1.17 bits per heavy atom. The summed E-state index contributed by atoms with van der Waals surface area (Å²) >= 11 is 5.90. The highest BCUT2D eigenvalue weighted by Gasteiger charge is 2.12. The van der Waals surface area contributed by atoms with Crippen molar-refractivity contribution in [2.24, 2.45) is 0 Å². The van der Waals surface area contributed by atoms with E-state index in [1.54, 1.807) is 42.5 Å². The Labute approximate surface area is 141 Å². The van der Waals surface area contributed by atoms with Gasteiger partial charge in [0.05, 0.1) is 17.4 Å². The number of nitrogens with one attached hydrogen (secondary N) is 1. The second kappa shape index (κ2) is 7.15. The van der Waals surface area contributed by atoms with E-state index in [9.17, 15) is 13.2 Å². The van der Waals surface area contributed by atoms with Crippen molar-refractivity contribution < 1.29 is 13.2 Å². The number of halogens is 1. The number of hydrogen-bond donors (Lipinski definition) is 1. The van der Waals surface area contributed by atoms with Gasteiger partial charge in [-0.1, -0.05) is 35.9 Å². The van der Waals surface area contributed by atoms with Crippen molar-refractivity contribution in [1.29, 1.82) is 0 Å². The third kappa shape index (κ3) is 5.08. The Balaban J connectivity index is 2.01. The van der Waals surface area contributed by atoms with Crippen LogP contribution in [-0.2, 0) is 21.1 Å². The van der Waals surface area contributed by atoms with Crippen molar-refractivity contribution in [3.8, 4) is 0 Å². The number of carbonyl (C=O) groups excluding carboxylic acids is 1. The minimum atomic E-state index is -3.21. The van der Waals surface area contributed by atoms with Gasteiger partial charge in [0, 0.05) is 11.3 Å². The maximum absolute atomic E-state index is 12.1. The number of hydrogen-bond acceptors (Lipinski definition) is 3. The third-order valence-corrected chi connectivity index (χ3v) is 4.80. The molecule has 2 aromatic carbocycles. The molecule has 0 bridgehead atoms. The zero-order valence-corrected chi connectivity index (χ0v) is 14.5. The van der Waals surface area contributed by atoms with Gasteiger partial charge >= 0.3 is 0 Å². The van der Waals surface area contributed by atoms with Crippen LogP contribution in [0.4, 0.5) is 0 Å². The summed E-state index contributed by atoms with van der Waals surface area (Å²) in [6.45, 7) is 1.85. The van der Waals surface area contributed by atoms with E-state index in [2.05, 4.69) is 5.32 Å². The van der Waals surface area contributed by atoms with Gasteiger partial charge in [0.25, 0.3) is 0 Å². The molecule has 2 rings (SSSR count). The summed E-state index contributed by atoms with van der Waals surface area (Å²) in [4.78, 5) is 12.3. The molecule has 0 unspecified atom stereocenters. The van der Waals surface area contributed by atoms with Crippen LogP contribution in [0.15, 0.2) is 53.4 Å². The van der Waals surface area contributed by atoms with Gasteiger partial charge in [-0.3, -0.25) is 4.79 Å². The first-order valence-electron chi connectivity index (χ1n) is 7.09. The smallest absolute Gasteiger partial charge is 0.224 e. The molecule has 4 nitrogen and oxygen atoms in total. The van der Waals surface area contributed by atoms with Crippen LogP contribution in [0, 0.1) is 0 Å². The Morgan fingerprint density at radius 3 is 2.39 bits per heavy atom. The van der Waals surface area contributed by atoms with Gasteiger partial charge in [0.2, 0.25) is 5.91 Å². The lowest BCUT2D eigenvalue weighted by Crippen LogP contribution is -2.28. The van der Waals surface area contributed by atoms with Crippen LogP contribution >= 0.6 is 11.6 Å². The number of rotatable bonds is 5. The van der Waals surface area contributed by atoms with Gasteiger partial charge in [-0.05, 0) is 42.3 Å². The van der Waals surface area contributed by atoms with Crippen LogP contribution in [-0.4, -0.2) is 20.6 Å². The summed E-state index contributed by atoms with van der Waals surface area (Å²) in [7, 11) is -3.21. The molecule has 1 amide bonds. The maximum atomic E-state index is 12.1. The molecule has 0 aliphatic carbocycles. The Kier molecular flexibility index (Phi) is 5.44. The largest absolute Gasteiger partial charge is 0.349 e. The van der Waals surface area contributed by atoms with Crippen molar-refractivity contribution in [2.45, 2.75) is 24.3 Å². The quantitative estimate of drug-likeness (QED) is 0.899. The fraction of sp³-hybridized carbons (Fsp3) is 0.235. The molecule has 0 radical (unpaired) electrons. The van der Waals surface area contributed by atoms with Crippen LogP contribution in [0.3, 0.4) is 0 Å². The lowest BCUT2D eigenvalue weighted by molar-refractivity contribution is -0.121. The normalized spacial score (nSPS) is 12.7. The summed E-state index contributed by atoms with van der Waals surface area (Å²) in [6.07, 6.45) is 1.41. The van der Waals surface area contributed by atoms with E-state index in [1.807, 2.05) is 13.0 Å². The highest BCUT2D eigenvalue weighted by molar-refractivity contribution is 7.90. The molecule has 2 aromatic rings. The van der Waals surface area contributed by atoms with Gasteiger partial charge in [0.15, 0.2) is 9.84 Å². The molecule has 6 heteroatoms. The first kappa shape index (κ1) is 17.5. The van der Waals surface area contributed by atoms with Crippen molar-refractivity contribution in [1.82, 2.24) is 5.32 Å². The Bertz CT molecular complexity index is 801. The average molecular weight is 352 g/mol. The number of benzene rings is 2. The summed E-state index contributed by atoms with van der Waals surface area (Å²) < 4.78 is 22.9. The van der Waals surface area contributed by atoms with Crippen molar-refractivity contribution in [3.63, 3.8) is 0 Å². The zero-order valence-electron chi connectivity index (χ0n) is 12.9. The summed E-state index contributed by atoms with van der Waals surface area (Å²) in [5.74, 6) is -0.119. The van der Waals surface area contributed by atoms with Crippen molar-refractivity contribution >= 4 is 27.3 Å². The van der Waals surface area contributed by atoms with Crippen LogP contribution in [0.25, 0.3) is 0 Å². The predicted octanol–water partition coefficient (Wildman–Crippen LogP) is 3.16. The van der Waals surface area contributed by atoms with Crippen LogP contribution in [0.5, 0.6) is 0 Å². The maximum Gasteiger partial charge on any atom is 0.224 e. The van der Waals surface area contributed by atoms with Gasteiger partial charge in [-0.25, -0.2) is 8.42 Å². The minimum Gasteiger partial charge on any atom is -0.349 e. The SMILES string of the molecule is C[C@H](NC(=O)Cc1cccc(Cl)c1)c1ccc(S(C)(=O)=O)cc1. The fourth-order valence-corrected chi connectivity index (χ4v) is 3.06. The topological polar surface area (TPSA) is 63.2 Å². The standard InChI is InChI=1S/C17H18ClNO3S/c1-12(14-6-8-16(9-7-14)23(2,21)22)19-17(20)11-13-4-3-5-15(18)10-13/h3-10,12H,11H2,1-2H3,(H,19,20)/t12-/m0/s1. The van der Waals surface area contributed by atoms with E-state index >= 15 is 0 Å². The number of sulfone groups is 1. The molecular formula is C17H18ClNO3S. The average Bonchev–Trinajstić information content (AvgIpc) is 2.46. The first-order valence-corrected chi connectivity index (χ1v) is 9.36. The van der Waals surface area contributed by atoms with E-state index < -0.39 is 9.84 Å². The predicted molar refractivity (Wildman–Crippen MR) is 91.3 cm³/mol. The van der Waals surface area contributed by atoms with E-state index in [1.165, 1.54) is 0 Å². The van der Waals surface area contributed by atoms with E-state index in [0.29, 0.717) is 5.02 Å². The number of amides is 1. The molecule has 1 N–H and O–H groups in total. The molecule has 0 saturated heterocycles. The van der Waals surface area contributed by atoms with Gasteiger partial charge in [-0.15, -0.1) is 0 Å². The molecule has 0 spiro atoms. The second-order valence-electron chi connectivity index (χ2n) is 5.44. The molecule has 122 valence electrons. The van der Waals surface area contributed by atoms with E-state index in [0.717, 1.165) is 17.4 Å². The van der Waals surface area contributed by atoms with Crippen LogP contribution in [0.1, 0.15) is 24.1 Å². The molecule has 0 fully saturated rings. The van der Waals surface area contributed by atoms with Crippen LogP contribution < -0.4 is 5.32 Å². The van der Waals surface area contributed by atoms with Gasteiger partial charge in [-0.2, -0.15) is 0 Å². The lowest BCUT2D eigenvalue weighted by Gasteiger charge is -2.15. The Morgan fingerprint density at radius 2 is 1.83 bits per heavy atom. The van der Waals surface area contributed by atoms with E-state index in [-0.39, 0.29) is 23.3 Å². The molecule has 0 aliphatic rings. The summed E-state index contributed by atoms with van der Waals surface area (Å²) in [5, 5.41) is 3.49. The molecule has 0 aliphatic heterocycles. The molecule has 0 saturated carbocycles. The molecule has 0 aromatic heterocycles. The highest BCUT2D eigenvalue weighted by Crippen LogP contribution is 2.17. The fourth-order valence-electron chi connectivity index (χ4n) is 2.21. The van der Waals surface area contributed by atoms with Crippen molar-refractivity contribution in [2.75, 3.05) is 6.26 Å². The summed E-state index contributed by atoms with van der Waals surface area (Å²) in [5.41, 5.74) is 1.69. The van der Waals surface area contributed by atoms with Gasteiger partial charge in [0.1, 0.15) is 0 Å². The molecule has 0 heterocycles. The Hall–Kier alpha value is -1.85. The third-order valence-electron chi connectivity index (χ3n) is 3.44. The first-order chi connectivity index (χ1) is 10.8.